The first-order valence-corrected chi connectivity index (χ1v) is 10.1. The van der Waals surface area contributed by atoms with Crippen molar-refractivity contribution in [3.8, 4) is 0 Å². The van der Waals surface area contributed by atoms with E-state index in [1.807, 2.05) is 30.3 Å². The molecule has 0 bridgehead atoms. The molecule has 0 radical (unpaired) electrons. The van der Waals surface area contributed by atoms with Crippen LogP contribution in [0.3, 0.4) is 0 Å². The van der Waals surface area contributed by atoms with E-state index in [1.165, 1.54) is 11.2 Å². The first-order chi connectivity index (χ1) is 14.8. The van der Waals surface area contributed by atoms with Gasteiger partial charge in [0.15, 0.2) is 11.6 Å². The van der Waals surface area contributed by atoms with Gasteiger partial charge in [-0.15, -0.1) is 0 Å². The van der Waals surface area contributed by atoms with Gasteiger partial charge >= 0.3 is 0 Å². The smallest absolute Gasteiger partial charge is 0.276 e. The summed E-state index contributed by atoms with van der Waals surface area (Å²) in [5.41, 5.74) is 2.59. The predicted octanol–water partition coefficient (Wildman–Crippen LogP) is 2.09. The Morgan fingerprint density at radius 1 is 1.19 bits per heavy atom. The molecule has 0 unspecified atom stereocenters. The number of benzene rings is 1. The molecule has 0 atom stereocenters. The monoisotopic (exact) mass is 420 g/mol. The number of carbonyl (C=O) groups excluding carboxylic acids is 2. The van der Waals surface area contributed by atoms with Crippen molar-refractivity contribution >= 4 is 11.8 Å². The van der Waals surface area contributed by atoms with E-state index in [4.69, 9.17) is 4.42 Å². The maximum Gasteiger partial charge on any atom is 0.276 e. The maximum atomic E-state index is 13.2. The lowest BCUT2D eigenvalue weighted by Gasteiger charge is -2.30. The summed E-state index contributed by atoms with van der Waals surface area (Å²) >= 11 is 0. The van der Waals surface area contributed by atoms with Crippen LogP contribution < -0.4 is 5.56 Å². The lowest BCUT2D eigenvalue weighted by molar-refractivity contribution is 0.0727. The molecule has 4 rings (SSSR count). The first-order valence-electron chi connectivity index (χ1n) is 10.1. The Bertz CT molecular complexity index is 1190. The molecule has 1 aliphatic rings. The zero-order valence-electron chi connectivity index (χ0n) is 17.8. The number of hydrogen-bond acceptors (Lipinski definition) is 5. The van der Waals surface area contributed by atoms with Crippen LogP contribution in [0.2, 0.25) is 0 Å². The third-order valence-corrected chi connectivity index (χ3v) is 5.41. The van der Waals surface area contributed by atoms with Crippen LogP contribution in [0.15, 0.2) is 52.0 Å². The van der Waals surface area contributed by atoms with E-state index < -0.39 is 0 Å². The van der Waals surface area contributed by atoms with Gasteiger partial charge in [-0.05, 0) is 23.1 Å². The summed E-state index contributed by atoms with van der Waals surface area (Å²) < 4.78 is 6.72. The molecule has 0 saturated carbocycles. The van der Waals surface area contributed by atoms with Gasteiger partial charge in [0.05, 0.1) is 6.54 Å². The minimum atomic E-state index is -0.324. The van der Waals surface area contributed by atoms with Gasteiger partial charge in [0.1, 0.15) is 11.8 Å². The van der Waals surface area contributed by atoms with Crippen molar-refractivity contribution in [1.82, 2.24) is 19.4 Å². The quantitative estimate of drug-likeness (QED) is 0.645. The van der Waals surface area contributed by atoms with Crippen LogP contribution in [-0.2, 0) is 19.5 Å². The summed E-state index contributed by atoms with van der Waals surface area (Å²) in [5.74, 6) is -0.129. The van der Waals surface area contributed by atoms with Gasteiger partial charge in [0.25, 0.3) is 17.4 Å². The summed E-state index contributed by atoms with van der Waals surface area (Å²) in [6.45, 7) is 2.72. The number of amides is 2. The second kappa shape index (κ2) is 8.22. The van der Waals surface area contributed by atoms with Gasteiger partial charge in [0.2, 0.25) is 0 Å². The van der Waals surface area contributed by atoms with Crippen molar-refractivity contribution in [3.63, 3.8) is 0 Å². The molecule has 0 fully saturated rings. The molecule has 31 heavy (non-hydrogen) atoms. The number of rotatable bonds is 4. The molecule has 0 aliphatic carbocycles. The van der Waals surface area contributed by atoms with Crippen LogP contribution in [-0.4, -0.2) is 51.8 Å². The zero-order valence-corrected chi connectivity index (χ0v) is 17.8. The third kappa shape index (κ3) is 4.01. The highest BCUT2D eigenvalue weighted by molar-refractivity contribution is 5.96. The maximum absolute atomic E-state index is 13.2. The van der Waals surface area contributed by atoms with E-state index in [1.54, 1.807) is 36.7 Å². The van der Waals surface area contributed by atoms with E-state index in [9.17, 15) is 14.4 Å². The van der Waals surface area contributed by atoms with Gasteiger partial charge < -0.3 is 18.8 Å². The molecule has 0 spiro atoms. The normalized spacial score (nSPS) is 13.1. The third-order valence-electron chi connectivity index (χ3n) is 5.41. The van der Waals surface area contributed by atoms with Crippen LogP contribution in [0.1, 0.15) is 43.4 Å². The van der Waals surface area contributed by atoms with E-state index in [0.29, 0.717) is 37.5 Å². The fourth-order valence-electron chi connectivity index (χ4n) is 3.85. The zero-order chi connectivity index (χ0) is 22.1. The Hall–Kier alpha value is -3.68. The second-order valence-electron chi connectivity index (χ2n) is 7.85. The summed E-state index contributed by atoms with van der Waals surface area (Å²) in [6, 6.07) is 9.59. The molecule has 0 saturated heterocycles. The van der Waals surface area contributed by atoms with E-state index in [-0.39, 0.29) is 28.6 Å². The Labute approximate surface area is 179 Å². The Kier molecular flexibility index (Phi) is 5.46. The molecule has 8 nitrogen and oxygen atoms in total. The molecular formula is C23H24N4O4. The summed E-state index contributed by atoms with van der Waals surface area (Å²) in [5, 5.41) is 0. The van der Waals surface area contributed by atoms with Crippen molar-refractivity contribution in [3.05, 3.63) is 87.0 Å². The average molecular weight is 420 g/mol. The van der Waals surface area contributed by atoms with Gasteiger partial charge in [0, 0.05) is 40.3 Å². The standard InChI is InChI=1S/C23H24N4O4/c1-15-24-19(14-31-15)21(28)26-10-9-18-17(12-26)13-27(11-16-7-5-4-6-8-16)23(30)20(18)22(29)25(2)3/h4-8,13-14H,9-12H2,1-3H3. The van der Waals surface area contributed by atoms with Crippen LogP contribution in [0.5, 0.6) is 0 Å². The first kappa shape index (κ1) is 20.6. The fourth-order valence-corrected chi connectivity index (χ4v) is 3.85. The second-order valence-corrected chi connectivity index (χ2v) is 7.85. The highest BCUT2D eigenvalue weighted by Gasteiger charge is 2.30. The predicted molar refractivity (Wildman–Crippen MR) is 114 cm³/mol. The van der Waals surface area contributed by atoms with Crippen LogP contribution in [0.25, 0.3) is 0 Å². The van der Waals surface area contributed by atoms with Crippen molar-refractivity contribution in [2.45, 2.75) is 26.4 Å². The molecule has 160 valence electrons. The SMILES string of the molecule is Cc1nc(C(=O)N2CCc3c(cn(Cc4ccccc4)c(=O)c3C(=O)N(C)C)C2)co1. The minimum Gasteiger partial charge on any atom is -0.448 e. The van der Waals surface area contributed by atoms with E-state index in [2.05, 4.69) is 4.98 Å². The Morgan fingerprint density at radius 3 is 2.58 bits per heavy atom. The molecule has 0 N–H and O–H groups in total. The van der Waals surface area contributed by atoms with Gasteiger partial charge in [-0.1, -0.05) is 30.3 Å². The highest BCUT2D eigenvalue weighted by Crippen LogP contribution is 2.23. The van der Waals surface area contributed by atoms with Crippen molar-refractivity contribution < 1.29 is 14.0 Å². The summed E-state index contributed by atoms with van der Waals surface area (Å²) in [4.78, 5) is 46.2. The van der Waals surface area contributed by atoms with E-state index in [0.717, 1.165) is 11.1 Å². The summed E-state index contributed by atoms with van der Waals surface area (Å²) in [7, 11) is 3.27. The number of nitrogens with zero attached hydrogens (tertiary/aromatic N) is 4. The lowest BCUT2D eigenvalue weighted by Crippen LogP contribution is -2.41. The number of oxazole rings is 1. The molecule has 3 heterocycles. The molecule has 1 aromatic carbocycles. The number of aromatic nitrogens is 2. The topological polar surface area (TPSA) is 88.7 Å². The largest absolute Gasteiger partial charge is 0.448 e. The van der Waals surface area contributed by atoms with Crippen LogP contribution in [0, 0.1) is 6.92 Å². The molecule has 2 amide bonds. The van der Waals surface area contributed by atoms with Crippen LogP contribution >= 0.6 is 0 Å². The fraction of sp³-hybridized carbons (Fsp3) is 0.304. The average Bonchev–Trinajstić information content (AvgIpc) is 3.20. The molecular weight excluding hydrogens is 396 g/mol. The number of fused-ring (bicyclic) bond motifs is 1. The molecule has 1 aliphatic heterocycles. The Morgan fingerprint density at radius 2 is 1.94 bits per heavy atom. The van der Waals surface area contributed by atoms with E-state index >= 15 is 0 Å². The van der Waals surface area contributed by atoms with Crippen molar-refractivity contribution in [1.29, 1.82) is 0 Å². The van der Waals surface area contributed by atoms with Gasteiger partial charge in [-0.3, -0.25) is 14.4 Å². The summed E-state index contributed by atoms with van der Waals surface area (Å²) in [6.07, 6.45) is 3.54. The lowest BCUT2D eigenvalue weighted by atomic mass is 9.95. The van der Waals surface area contributed by atoms with Crippen molar-refractivity contribution in [2.75, 3.05) is 20.6 Å². The number of hydrogen-bond donors (Lipinski definition) is 0. The van der Waals surface area contributed by atoms with Crippen molar-refractivity contribution in [2.24, 2.45) is 0 Å². The van der Waals surface area contributed by atoms with Gasteiger partial charge in [-0.2, -0.15) is 0 Å². The molecule has 2 aromatic heterocycles. The number of carbonyl (C=O) groups is 2. The minimum absolute atomic E-state index is 0.183. The van der Waals surface area contributed by atoms with Gasteiger partial charge in [-0.25, -0.2) is 4.98 Å². The molecule has 3 aromatic rings. The van der Waals surface area contributed by atoms with Crippen LogP contribution in [0.4, 0.5) is 0 Å². The number of aryl methyl sites for hydroxylation is 1. The highest BCUT2D eigenvalue weighted by atomic mass is 16.3. The number of pyridine rings is 1. The molecule has 8 heteroatoms. The Balaban J connectivity index is 1.75.